The molecule has 6 nitrogen and oxygen atoms in total. The summed E-state index contributed by atoms with van der Waals surface area (Å²) in [6.45, 7) is 0. The zero-order chi connectivity index (χ0) is 24.0. The van der Waals surface area contributed by atoms with Gasteiger partial charge in [-0.3, -0.25) is 14.3 Å². The molecule has 0 bridgehead atoms. The normalized spacial score (nSPS) is 13.5. The number of alkyl halides is 3. The van der Waals surface area contributed by atoms with Crippen LogP contribution in [0.25, 0.3) is 6.08 Å². The molecule has 0 saturated carbocycles. The van der Waals surface area contributed by atoms with E-state index in [1.165, 1.54) is 14.1 Å². The molecule has 0 spiro atoms. The molecule has 0 aliphatic rings. The fraction of sp³-hybridized carbons (Fsp3) is 0.208. The van der Waals surface area contributed by atoms with Crippen LogP contribution in [-0.4, -0.2) is 34.7 Å². The van der Waals surface area contributed by atoms with E-state index in [-0.39, 0.29) is 0 Å². The zero-order valence-corrected chi connectivity index (χ0v) is 18.0. The van der Waals surface area contributed by atoms with Gasteiger partial charge in [0.15, 0.2) is 5.69 Å². The second kappa shape index (κ2) is 10.2. The van der Waals surface area contributed by atoms with Crippen LogP contribution in [-0.2, 0) is 18.0 Å². The van der Waals surface area contributed by atoms with Crippen LogP contribution in [0.4, 0.5) is 13.2 Å². The molecule has 0 aliphatic heterocycles. The molecule has 9 heteroatoms. The fourth-order valence-electron chi connectivity index (χ4n) is 3.43. The predicted molar refractivity (Wildman–Crippen MR) is 118 cm³/mol. The molecule has 0 fully saturated rings. The Kier molecular flexibility index (Phi) is 7.32. The maximum absolute atomic E-state index is 13.4. The summed E-state index contributed by atoms with van der Waals surface area (Å²) in [4.78, 5) is 25.7. The van der Waals surface area contributed by atoms with Gasteiger partial charge in [-0.2, -0.15) is 18.3 Å². The SMILES string of the molecule is CNC(=O)C(NC(=O)c1cn(C)nc1C(F)(F)F)C(C=Cc1ccccc1)c1ccccc1. The lowest BCUT2D eigenvalue weighted by Crippen LogP contribution is -2.49. The van der Waals surface area contributed by atoms with Crippen molar-refractivity contribution in [3.63, 3.8) is 0 Å². The van der Waals surface area contributed by atoms with Gasteiger partial charge >= 0.3 is 6.18 Å². The van der Waals surface area contributed by atoms with E-state index in [0.717, 1.165) is 16.4 Å². The molecule has 2 aromatic carbocycles. The Morgan fingerprint density at radius 1 is 1.03 bits per heavy atom. The van der Waals surface area contributed by atoms with Crippen LogP contribution in [0.1, 0.15) is 33.1 Å². The van der Waals surface area contributed by atoms with Crippen LogP contribution >= 0.6 is 0 Å². The lowest BCUT2D eigenvalue weighted by Gasteiger charge is -2.25. The summed E-state index contributed by atoms with van der Waals surface area (Å²) in [6.07, 6.45) is -0.289. The van der Waals surface area contributed by atoms with E-state index >= 15 is 0 Å². The quantitative estimate of drug-likeness (QED) is 0.568. The van der Waals surface area contributed by atoms with E-state index in [1.54, 1.807) is 42.5 Å². The Labute approximate surface area is 189 Å². The van der Waals surface area contributed by atoms with Gasteiger partial charge in [0, 0.05) is 26.2 Å². The molecular formula is C24H23F3N4O2. The molecule has 0 aliphatic carbocycles. The molecule has 1 aromatic heterocycles. The smallest absolute Gasteiger partial charge is 0.357 e. The van der Waals surface area contributed by atoms with E-state index < -0.39 is 41.2 Å². The summed E-state index contributed by atoms with van der Waals surface area (Å²) in [5.41, 5.74) is -0.389. The van der Waals surface area contributed by atoms with Gasteiger partial charge in [-0.15, -0.1) is 0 Å². The first-order valence-electron chi connectivity index (χ1n) is 10.1. The second-order valence-corrected chi connectivity index (χ2v) is 7.33. The molecule has 2 amide bonds. The van der Waals surface area contributed by atoms with Gasteiger partial charge in [0.2, 0.25) is 5.91 Å². The summed E-state index contributed by atoms with van der Waals surface area (Å²) in [5.74, 6) is -2.24. The molecule has 3 aromatic rings. The number of amides is 2. The van der Waals surface area contributed by atoms with Gasteiger partial charge in [-0.1, -0.05) is 72.8 Å². The maximum Gasteiger partial charge on any atom is 0.435 e. The van der Waals surface area contributed by atoms with E-state index in [2.05, 4.69) is 15.7 Å². The molecule has 33 heavy (non-hydrogen) atoms. The monoisotopic (exact) mass is 456 g/mol. The van der Waals surface area contributed by atoms with Crippen molar-refractivity contribution >= 4 is 17.9 Å². The largest absolute Gasteiger partial charge is 0.435 e. The van der Waals surface area contributed by atoms with Gasteiger partial charge < -0.3 is 10.6 Å². The van der Waals surface area contributed by atoms with Gasteiger partial charge in [0.05, 0.1) is 5.56 Å². The summed E-state index contributed by atoms with van der Waals surface area (Å²) in [6, 6.07) is 17.1. The molecule has 172 valence electrons. The molecule has 2 N–H and O–H groups in total. The second-order valence-electron chi connectivity index (χ2n) is 7.33. The highest BCUT2D eigenvalue weighted by Gasteiger charge is 2.40. The number of carbonyl (C=O) groups is 2. The van der Waals surface area contributed by atoms with Crippen molar-refractivity contribution in [2.24, 2.45) is 7.05 Å². The standard InChI is InChI=1S/C24H23F3N4O2/c1-28-23(33)20(29-22(32)19-15-31(2)30-21(19)24(25,26)27)18(17-11-7-4-8-12-17)14-13-16-9-5-3-6-10-16/h3-15,18,20H,1-2H3,(H,28,33)(H,29,32). The number of halogens is 3. The summed E-state index contributed by atoms with van der Waals surface area (Å²) in [7, 11) is 2.69. The Morgan fingerprint density at radius 2 is 1.64 bits per heavy atom. The lowest BCUT2D eigenvalue weighted by atomic mass is 9.89. The highest BCUT2D eigenvalue weighted by Crippen LogP contribution is 2.31. The molecular weight excluding hydrogens is 433 g/mol. The Hall–Kier alpha value is -3.88. The number of aryl methyl sites for hydroxylation is 1. The third kappa shape index (κ3) is 5.88. The summed E-state index contributed by atoms with van der Waals surface area (Å²) < 4.78 is 41.0. The number of hydrogen-bond acceptors (Lipinski definition) is 3. The van der Waals surface area contributed by atoms with Gasteiger partial charge in [0.1, 0.15) is 6.04 Å². The van der Waals surface area contributed by atoms with Crippen LogP contribution in [0.15, 0.2) is 72.9 Å². The van der Waals surface area contributed by atoms with Crippen LogP contribution < -0.4 is 10.6 Å². The number of nitrogens with zero attached hydrogens (tertiary/aromatic N) is 2. The van der Waals surface area contributed by atoms with Crippen molar-refractivity contribution < 1.29 is 22.8 Å². The molecule has 2 unspecified atom stereocenters. The minimum Gasteiger partial charge on any atom is -0.357 e. The summed E-state index contributed by atoms with van der Waals surface area (Å²) >= 11 is 0. The Balaban J connectivity index is 2.00. The van der Waals surface area contributed by atoms with Crippen molar-refractivity contribution in [2.45, 2.75) is 18.1 Å². The first kappa shape index (κ1) is 23.8. The highest BCUT2D eigenvalue weighted by molar-refractivity contribution is 5.98. The van der Waals surface area contributed by atoms with Gasteiger partial charge in [-0.25, -0.2) is 0 Å². The molecule has 2 atom stereocenters. The van der Waals surface area contributed by atoms with Crippen molar-refractivity contribution in [2.75, 3.05) is 7.05 Å². The number of rotatable bonds is 7. The van der Waals surface area contributed by atoms with Crippen LogP contribution in [0.3, 0.4) is 0 Å². The first-order valence-corrected chi connectivity index (χ1v) is 10.1. The number of nitrogens with one attached hydrogen (secondary N) is 2. The van der Waals surface area contributed by atoms with Crippen LogP contribution in [0.2, 0.25) is 0 Å². The van der Waals surface area contributed by atoms with E-state index in [1.807, 2.05) is 30.3 Å². The minimum atomic E-state index is -4.82. The summed E-state index contributed by atoms with van der Waals surface area (Å²) in [5, 5.41) is 8.35. The van der Waals surface area contributed by atoms with E-state index in [9.17, 15) is 22.8 Å². The minimum absolute atomic E-state index is 0.549. The van der Waals surface area contributed by atoms with Gasteiger partial charge in [-0.05, 0) is 11.1 Å². The molecule has 0 radical (unpaired) electrons. The Morgan fingerprint density at radius 3 is 2.21 bits per heavy atom. The van der Waals surface area contributed by atoms with E-state index in [4.69, 9.17) is 0 Å². The third-order valence-electron chi connectivity index (χ3n) is 5.00. The molecule has 3 rings (SSSR count). The predicted octanol–water partition coefficient (Wildman–Crippen LogP) is 3.78. The Bertz CT molecular complexity index is 1130. The number of likely N-dealkylation sites (N-methyl/N-ethyl adjacent to an activating group) is 1. The number of carbonyl (C=O) groups excluding carboxylic acids is 2. The topological polar surface area (TPSA) is 76.0 Å². The molecule has 0 saturated heterocycles. The van der Waals surface area contributed by atoms with Gasteiger partial charge in [0.25, 0.3) is 5.91 Å². The average Bonchev–Trinajstić information content (AvgIpc) is 3.22. The number of aromatic nitrogens is 2. The fourth-order valence-corrected chi connectivity index (χ4v) is 3.43. The molecule has 1 heterocycles. The van der Waals surface area contributed by atoms with Crippen LogP contribution in [0.5, 0.6) is 0 Å². The van der Waals surface area contributed by atoms with Crippen molar-refractivity contribution in [1.82, 2.24) is 20.4 Å². The van der Waals surface area contributed by atoms with E-state index in [0.29, 0.717) is 5.56 Å². The number of hydrogen-bond donors (Lipinski definition) is 2. The highest BCUT2D eigenvalue weighted by atomic mass is 19.4. The first-order chi connectivity index (χ1) is 15.7. The van der Waals surface area contributed by atoms with Crippen molar-refractivity contribution in [3.8, 4) is 0 Å². The zero-order valence-electron chi connectivity index (χ0n) is 18.0. The number of benzene rings is 2. The maximum atomic E-state index is 13.4. The lowest BCUT2D eigenvalue weighted by molar-refractivity contribution is -0.141. The van der Waals surface area contributed by atoms with Crippen LogP contribution in [0, 0.1) is 0 Å². The third-order valence-corrected chi connectivity index (χ3v) is 5.00. The van der Waals surface area contributed by atoms with Crippen molar-refractivity contribution in [3.05, 3.63) is 95.3 Å². The van der Waals surface area contributed by atoms with Crippen molar-refractivity contribution in [1.29, 1.82) is 0 Å². The average molecular weight is 456 g/mol.